The van der Waals surface area contributed by atoms with Crippen molar-refractivity contribution < 1.29 is 63.2 Å². The van der Waals surface area contributed by atoms with Gasteiger partial charge >= 0.3 is 18.1 Å². The van der Waals surface area contributed by atoms with Crippen LogP contribution in [0.3, 0.4) is 0 Å². The molecule has 4 aromatic carbocycles. The molecule has 2 atom stereocenters. The second-order valence-corrected chi connectivity index (χ2v) is 17.3. The lowest BCUT2D eigenvalue weighted by atomic mass is 10.0. The number of esters is 1. The third-order valence-electron chi connectivity index (χ3n) is 9.86. The maximum Gasteiger partial charge on any atom is 0.511 e. The number of aliphatic hydroxyl groups is 2. The minimum atomic E-state index is -1.73. The number of hydrogen-bond acceptors (Lipinski definition) is 18. The Morgan fingerprint density at radius 3 is 1.53 bits per heavy atom. The lowest BCUT2D eigenvalue weighted by Crippen LogP contribution is -2.47. The lowest BCUT2D eigenvalue weighted by Gasteiger charge is -2.24. The van der Waals surface area contributed by atoms with Crippen molar-refractivity contribution in [3.05, 3.63) is 165 Å². The van der Waals surface area contributed by atoms with Crippen LogP contribution in [-0.4, -0.2) is 137 Å². The molecule has 0 saturated heterocycles. The van der Waals surface area contributed by atoms with Gasteiger partial charge in [-0.15, -0.1) is 10.2 Å². The fourth-order valence-corrected chi connectivity index (χ4v) is 7.07. The third kappa shape index (κ3) is 19.0. The highest BCUT2D eigenvalue weighted by Crippen LogP contribution is 2.32. The van der Waals surface area contributed by atoms with E-state index in [0.29, 0.717) is 32.1 Å². The van der Waals surface area contributed by atoms with Crippen molar-refractivity contribution in [3.8, 4) is 22.3 Å². The lowest BCUT2D eigenvalue weighted by molar-refractivity contribution is -0.164. The standard InChI is InChI=1S/C27H29Cl2N5O8.C22H21Cl2N5O5/c1-3-11-39-27(38)41-17-40-26(37)24(35)16-33(31-25(36)23-15-34(32-30-23)42-12-4-2)14-18-5-7-19(8-6-18)21-13-20(28)9-10-22(21)29;1-2-9-34-29-12-19(25-27-29)21(31)26-28(13-20(30)22(32)33)11-14-3-5-15(6-4-14)17-10-16(23)7-8-18(17)24/h4-10,13,15,24,35H,2-3,11-12,14,16-17H2,1H3,(H,31,36);2-8,10,12,20,30H,1,9,11,13H2,(H,26,31)(H,32,33)/t24-;20-/m11/s1. The van der Waals surface area contributed by atoms with E-state index in [1.54, 1.807) is 67.6 Å². The van der Waals surface area contributed by atoms with E-state index in [1.807, 2.05) is 24.3 Å². The molecule has 0 aliphatic rings. The van der Waals surface area contributed by atoms with Gasteiger partial charge in [-0.25, -0.2) is 24.4 Å². The molecule has 0 aliphatic carbocycles. The monoisotopic (exact) mass is 1130 g/mol. The Morgan fingerprint density at radius 1 is 0.658 bits per heavy atom. The number of amides is 2. The van der Waals surface area contributed by atoms with Crippen molar-refractivity contribution in [2.24, 2.45) is 0 Å². The summed E-state index contributed by atoms with van der Waals surface area (Å²) in [7, 11) is 0. The molecule has 6 aromatic rings. The van der Waals surface area contributed by atoms with Crippen molar-refractivity contribution in [2.45, 2.75) is 38.6 Å². The van der Waals surface area contributed by atoms with Crippen molar-refractivity contribution in [3.63, 3.8) is 0 Å². The maximum atomic E-state index is 12.9. The normalized spacial score (nSPS) is 11.6. The molecule has 2 amide bonds. The van der Waals surface area contributed by atoms with Gasteiger partial charge in [0.15, 0.2) is 23.6 Å². The predicted molar refractivity (Wildman–Crippen MR) is 276 cm³/mol. The van der Waals surface area contributed by atoms with Crippen LogP contribution in [0.1, 0.15) is 45.4 Å². The van der Waals surface area contributed by atoms with Crippen LogP contribution >= 0.6 is 46.4 Å². The molecule has 0 fully saturated rings. The number of rotatable bonds is 26. The summed E-state index contributed by atoms with van der Waals surface area (Å²) in [5, 5.41) is 48.9. The number of ether oxygens (including phenoxy) is 3. The summed E-state index contributed by atoms with van der Waals surface area (Å²) in [6, 6.07) is 24.7. The number of aromatic nitrogens is 6. The molecule has 76 heavy (non-hydrogen) atoms. The SMILES string of the molecule is C=CCOn1cc(C(=O)NN(Cc2ccc(-c3cc(Cl)ccc3Cl)cc2)C[C@@H](O)C(=O)O)nn1.C=CCOn1cc(C(=O)NN(Cc2ccc(-c3cc(Cl)ccc3Cl)cc2)C[C@@H](O)C(=O)OCOC(=O)OCCC)nn1. The van der Waals surface area contributed by atoms with Crippen molar-refractivity contribution in [1.29, 1.82) is 0 Å². The number of nitrogens with one attached hydrogen (secondary N) is 2. The molecule has 402 valence electrons. The number of carbonyl (C=O) groups excluding carboxylic acids is 4. The van der Waals surface area contributed by atoms with Gasteiger partial charge in [0, 0.05) is 44.3 Å². The van der Waals surface area contributed by atoms with E-state index in [-0.39, 0.29) is 50.8 Å². The molecule has 0 aliphatic heterocycles. The van der Waals surface area contributed by atoms with E-state index in [2.05, 4.69) is 49.4 Å². The smallest absolute Gasteiger partial charge is 0.479 e. The summed E-state index contributed by atoms with van der Waals surface area (Å²) in [4.78, 5) is 72.7. The molecule has 2 heterocycles. The third-order valence-corrected chi connectivity index (χ3v) is 11.0. The Balaban J connectivity index is 0.000000287. The number of carboxylic acid groups (broad SMARTS) is 1. The first-order valence-electron chi connectivity index (χ1n) is 22.6. The molecular formula is C49H50Cl4N10O13. The quantitative estimate of drug-likeness (QED) is 0.0183. The van der Waals surface area contributed by atoms with E-state index < -0.39 is 55.5 Å². The van der Waals surface area contributed by atoms with E-state index in [9.17, 15) is 34.2 Å². The molecule has 0 radical (unpaired) electrons. The van der Waals surface area contributed by atoms with Crippen LogP contribution in [0.5, 0.6) is 0 Å². The molecule has 0 unspecified atom stereocenters. The Bertz CT molecular complexity index is 2930. The Kier molecular flexibility index (Phi) is 23.4. The second-order valence-electron chi connectivity index (χ2n) is 15.7. The highest BCUT2D eigenvalue weighted by molar-refractivity contribution is 6.36. The molecule has 0 bridgehead atoms. The van der Waals surface area contributed by atoms with E-state index in [0.717, 1.165) is 37.5 Å². The van der Waals surface area contributed by atoms with Gasteiger partial charge in [-0.2, -0.15) is 0 Å². The molecule has 0 saturated carbocycles. The van der Waals surface area contributed by atoms with Gasteiger partial charge in [0.25, 0.3) is 11.8 Å². The van der Waals surface area contributed by atoms with Gasteiger partial charge in [-0.05, 0) is 75.5 Å². The first kappa shape index (κ1) is 59.3. The second kappa shape index (κ2) is 30.1. The molecule has 23 nitrogen and oxygen atoms in total. The van der Waals surface area contributed by atoms with Gasteiger partial charge < -0.3 is 39.2 Å². The zero-order valence-corrected chi connectivity index (χ0v) is 43.4. The van der Waals surface area contributed by atoms with Gasteiger partial charge in [-0.3, -0.25) is 20.4 Å². The van der Waals surface area contributed by atoms with Crippen LogP contribution in [0.25, 0.3) is 22.3 Å². The molecule has 6 rings (SSSR count). The van der Waals surface area contributed by atoms with Gasteiger partial charge in [0.05, 0.1) is 19.7 Å². The van der Waals surface area contributed by atoms with Crippen LogP contribution in [0.4, 0.5) is 4.79 Å². The predicted octanol–water partition coefficient (Wildman–Crippen LogP) is 5.90. The maximum absolute atomic E-state index is 12.9. The van der Waals surface area contributed by atoms with Crippen molar-refractivity contribution in [2.75, 3.05) is 39.7 Å². The van der Waals surface area contributed by atoms with E-state index in [4.69, 9.17) is 70.7 Å². The Labute approximate surface area is 454 Å². The average Bonchev–Trinajstić information content (AvgIpc) is 4.10. The molecule has 2 aromatic heterocycles. The summed E-state index contributed by atoms with van der Waals surface area (Å²) in [5.74, 6) is -3.86. The fraction of sp³-hybridized carbons (Fsp3) is 0.245. The number of carbonyl (C=O) groups is 5. The summed E-state index contributed by atoms with van der Waals surface area (Å²) in [5.41, 5.74) is 9.54. The highest BCUT2D eigenvalue weighted by Gasteiger charge is 2.25. The topological polar surface area (TPSA) is 284 Å². The number of nitrogens with zero attached hydrogens (tertiary/aromatic N) is 8. The minimum Gasteiger partial charge on any atom is -0.479 e. The molecule has 27 heteroatoms. The zero-order valence-electron chi connectivity index (χ0n) is 40.3. The Hall–Kier alpha value is -7.61. The molecular weight excluding hydrogens is 1080 g/mol. The number of aliphatic carboxylic acids is 1. The number of hydrogen-bond donors (Lipinski definition) is 5. The Morgan fingerprint density at radius 2 is 1.11 bits per heavy atom. The number of benzene rings is 4. The number of hydrazine groups is 2. The summed E-state index contributed by atoms with van der Waals surface area (Å²) in [6.07, 6.45) is 1.63. The van der Waals surface area contributed by atoms with Crippen LogP contribution in [0, 0.1) is 0 Å². The van der Waals surface area contributed by atoms with Crippen molar-refractivity contribution >= 4 is 76.3 Å². The molecule has 0 spiro atoms. The van der Waals surface area contributed by atoms with Crippen LogP contribution in [0.15, 0.2) is 123 Å². The number of halogens is 4. The summed E-state index contributed by atoms with van der Waals surface area (Å²) in [6.45, 7) is 7.92. The number of aliphatic hydroxyl groups excluding tert-OH is 2. The van der Waals surface area contributed by atoms with Crippen molar-refractivity contribution in [1.82, 2.24) is 51.2 Å². The summed E-state index contributed by atoms with van der Waals surface area (Å²) >= 11 is 24.8. The first-order valence-corrected chi connectivity index (χ1v) is 24.1. The minimum absolute atomic E-state index is 0.0561. The van der Waals surface area contributed by atoms with E-state index in [1.165, 1.54) is 34.6 Å². The van der Waals surface area contributed by atoms with Crippen LogP contribution in [-0.2, 0) is 36.9 Å². The van der Waals surface area contributed by atoms with Crippen LogP contribution in [0.2, 0.25) is 20.1 Å². The summed E-state index contributed by atoms with van der Waals surface area (Å²) < 4.78 is 14.1. The molecule has 5 N–H and O–H groups in total. The largest absolute Gasteiger partial charge is 0.511 e. The zero-order chi connectivity index (χ0) is 55.1. The van der Waals surface area contributed by atoms with Gasteiger partial charge in [0.2, 0.25) is 6.79 Å². The van der Waals surface area contributed by atoms with Crippen LogP contribution < -0.4 is 20.5 Å². The van der Waals surface area contributed by atoms with Gasteiger partial charge in [0.1, 0.15) is 25.6 Å². The highest BCUT2D eigenvalue weighted by atomic mass is 35.5. The number of carboxylic acids is 1. The van der Waals surface area contributed by atoms with Gasteiger partial charge in [-0.1, -0.05) is 137 Å². The fourth-order valence-electron chi connectivity index (χ4n) is 6.28. The first-order chi connectivity index (χ1) is 36.5. The average molecular weight is 1130 g/mol. The van der Waals surface area contributed by atoms with E-state index >= 15 is 0 Å².